The lowest BCUT2D eigenvalue weighted by molar-refractivity contribution is 0.177. The molecule has 0 amide bonds. The maximum absolute atomic E-state index is 4.85. The minimum atomic E-state index is 0.449. The van der Waals surface area contributed by atoms with E-state index in [-0.39, 0.29) is 0 Å². The van der Waals surface area contributed by atoms with E-state index in [0.717, 1.165) is 11.6 Å². The Kier molecular flexibility index (Phi) is 2.29. The summed E-state index contributed by atoms with van der Waals surface area (Å²) in [6.45, 7) is 2.28. The highest BCUT2D eigenvalue weighted by molar-refractivity contribution is 7.78. The van der Waals surface area contributed by atoms with Gasteiger partial charge in [0.15, 0.2) is 5.82 Å². The molecule has 5 heteroatoms. The van der Waals surface area contributed by atoms with Crippen molar-refractivity contribution in [3.8, 4) is 0 Å². The maximum atomic E-state index is 4.85. The van der Waals surface area contributed by atoms with Gasteiger partial charge in [-0.2, -0.15) is 0 Å². The third kappa shape index (κ3) is 1.30. The molecule has 0 spiro atoms. The zero-order valence-electron chi connectivity index (χ0n) is 5.90. The Labute approximate surface area is 64.8 Å². The molecule has 0 aliphatic rings. The highest BCUT2D eigenvalue weighted by atomic mass is 32.1. The molecule has 0 aromatic carbocycles. The molecular formula is C5H9N3OS. The van der Waals surface area contributed by atoms with Crippen molar-refractivity contribution in [3.05, 3.63) is 11.6 Å². The smallest absolute Gasteiger partial charge is 0.169 e. The third-order valence-corrected chi connectivity index (χ3v) is 1.65. The van der Waals surface area contributed by atoms with Crippen LogP contribution in [0, 0.1) is 6.92 Å². The van der Waals surface area contributed by atoms with Crippen LogP contribution >= 0.6 is 12.8 Å². The van der Waals surface area contributed by atoms with E-state index in [1.54, 1.807) is 11.1 Å². The predicted octanol–water partition coefficient (Wildman–Crippen LogP) is 0.426. The van der Waals surface area contributed by atoms with E-state index in [1.807, 2.05) is 6.92 Å². The normalized spacial score (nSPS) is 10.3. The van der Waals surface area contributed by atoms with Crippen molar-refractivity contribution in [2.45, 2.75) is 13.5 Å². The van der Waals surface area contributed by atoms with Crippen LogP contribution in [0.25, 0.3) is 0 Å². The summed E-state index contributed by atoms with van der Waals surface area (Å²) in [4.78, 5) is 0. The summed E-state index contributed by atoms with van der Waals surface area (Å²) < 4.78 is 6.45. The van der Waals surface area contributed by atoms with E-state index in [4.69, 9.17) is 4.74 Å². The zero-order valence-corrected chi connectivity index (χ0v) is 6.80. The lowest BCUT2D eigenvalue weighted by atomic mass is 10.6. The molecule has 0 radical (unpaired) electrons. The number of thiol groups is 1. The summed E-state index contributed by atoms with van der Waals surface area (Å²) >= 11 is 4.11. The van der Waals surface area contributed by atoms with Crippen molar-refractivity contribution >= 4 is 12.8 Å². The molecule has 0 bridgehead atoms. The van der Waals surface area contributed by atoms with Crippen LogP contribution in [0.5, 0.6) is 0 Å². The standard InChI is InChI=1S/C5H9N3OS/c1-4-6-7-5(3-9-2)8(4)10/h10H,3H2,1-2H3. The van der Waals surface area contributed by atoms with Crippen LogP contribution in [0.15, 0.2) is 0 Å². The minimum Gasteiger partial charge on any atom is -0.377 e. The lowest BCUT2D eigenvalue weighted by Crippen LogP contribution is -1.95. The van der Waals surface area contributed by atoms with Crippen LogP contribution in [0.1, 0.15) is 11.6 Å². The SMILES string of the molecule is COCc1nnc(C)n1S. The fourth-order valence-electron chi connectivity index (χ4n) is 0.621. The average molecular weight is 159 g/mol. The second kappa shape index (κ2) is 3.03. The molecule has 56 valence electrons. The van der Waals surface area contributed by atoms with Gasteiger partial charge in [0.25, 0.3) is 0 Å². The minimum absolute atomic E-state index is 0.449. The molecule has 0 saturated carbocycles. The van der Waals surface area contributed by atoms with Gasteiger partial charge in [0.2, 0.25) is 0 Å². The zero-order chi connectivity index (χ0) is 7.56. The molecule has 1 aromatic heterocycles. The van der Waals surface area contributed by atoms with E-state index in [9.17, 15) is 0 Å². The lowest BCUT2D eigenvalue weighted by Gasteiger charge is -1.96. The molecule has 0 atom stereocenters. The van der Waals surface area contributed by atoms with Crippen LogP contribution < -0.4 is 0 Å². The van der Waals surface area contributed by atoms with Crippen LogP contribution in [-0.2, 0) is 11.3 Å². The van der Waals surface area contributed by atoms with E-state index >= 15 is 0 Å². The molecule has 10 heavy (non-hydrogen) atoms. The molecule has 0 saturated heterocycles. The predicted molar refractivity (Wildman–Crippen MR) is 39.9 cm³/mol. The van der Waals surface area contributed by atoms with Crippen LogP contribution in [0.4, 0.5) is 0 Å². The van der Waals surface area contributed by atoms with Gasteiger partial charge in [-0.1, -0.05) is 12.8 Å². The Balaban J connectivity index is 2.83. The van der Waals surface area contributed by atoms with Gasteiger partial charge in [0, 0.05) is 7.11 Å². The van der Waals surface area contributed by atoms with Crippen LogP contribution in [0.2, 0.25) is 0 Å². The van der Waals surface area contributed by atoms with Crippen molar-refractivity contribution in [2.24, 2.45) is 0 Å². The first kappa shape index (κ1) is 7.56. The Morgan fingerprint density at radius 2 is 2.30 bits per heavy atom. The Morgan fingerprint density at radius 1 is 1.60 bits per heavy atom. The van der Waals surface area contributed by atoms with Crippen molar-refractivity contribution in [1.82, 2.24) is 14.2 Å². The summed E-state index contributed by atoms with van der Waals surface area (Å²) in [5.41, 5.74) is 0. The molecule has 1 aromatic rings. The molecule has 1 rings (SSSR count). The summed E-state index contributed by atoms with van der Waals surface area (Å²) in [5.74, 6) is 1.50. The van der Waals surface area contributed by atoms with Gasteiger partial charge >= 0.3 is 0 Å². The van der Waals surface area contributed by atoms with Gasteiger partial charge in [-0.15, -0.1) is 10.2 Å². The quantitative estimate of drug-likeness (QED) is 0.636. The van der Waals surface area contributed by atoms with Gasteiger partial charge in [-0.3, -0.25) is 3.97 Å². The number of methoxy groups -OCH3 is 1. The molecule has 1 heterocycles. The highest BCUT2D eigenvalue weighted by Gasteiger charge is 2.03. The number of aromatic nitrogens is 3. The number of nitrogens with zero attached hydrogens (tertiary/aromatic N) is 3. The second-order valence-electron chi connectivity index (χ2n) is 1.91. The van der Waals surface area contributed by atoms with Crippen molar-refractivity contribution in [3.63, 3.8) is 0 Å². The van der Waals surface area contributed by atoms with Gasteiger partial charge in [-0.25, -0.2) is 0 Å². The van der Waals surface area contributed by atoms with Crippen molar-refractivity contribution in [2.75, 3.05) is 7.11 Å². The average Bonchev–Trinajstić information content (AvgIpc) is 2.20. The first-order valence-electron chi connectivity index (χ1n) is 2.84. The Hall–Kier alpha value is -0.550. The van der Waals surface area contributed by atoms with Gasteiger partial charge in [0.05, 0.1) is 0 Å². The Bertz CT molecular complexity index is 223. The summed E-state index contributed by atoms with van der Waals surface area (Å²) in [6, 6.07) is 0. The second-order valence-corrected chi connectivity index (χ2v) is 2.31. The maximum Gasteiger partial charge on any atom is 0.169 e. The van der Waals surface area contributed by atoms with Gasteiger partial charge in [0.1, 0.15) is 12.4 Å². The first-order chi connectivity index (χ1) is 4.75. The highest BCUT2D eigenvalue weighted by Crippen LogP contribution is 2.02. The molecule has 0 N–H and O–H groups in total. The summed E-state index contributed by atoms with van der Waals surface area (Å²) in [7, 11) is 1.61. The molecular weight excluding hydrogens is 150 g/mol. The van der Waals surface area contributed by atoms with Crippen molar-refractivity contribution in [1.29, 1.82) is 0 Å². The van der Waals surface area contributed by atoms with Crippen molar-refractivity contribution < 1.29 is 4.74 Å². The number of hydrogen-bond acceptors (Lipinski definition) is 4. The molecule has 0 aliphatic carbocycles. The molecule has 0 fully saturated rings. The van der Waals surface area contributed by atoms with Gasteiger partial charge in [-0.05, 0) is 6.92 Å². The largest absolute Gasteiger partial charge is 0.377 e. The van der Waals surface area contributed by atoms with E-state index in [2.05, 4.69) is 23.0 Å². The third-order valence-electron chi connectivity index (χ3n) is 1.13. The van der Waals surface area contributed by atoms with E-state index < -0.39 is 0 Å². The molecule has 4 nitrogen and oxygen atoms in total. The van der Waals surface area contributed by atoms with Gasteiger partial charge < -0.3 is 4.74 Å². The molecule has 0 unspecified atom stereocenters. The van der Waals surface area contributed by atoms with Crippen LogP contribution in [0.3, 0.4) is 0 Å². The summed E-state index contributed by atoms with van der Waals surface area (Å²) in [6.07, 6.45) is 0. The number of aryl methyl sites for hydroxylation is 1. The molecule has 0 aliphatic heterocycles. The fraction of sp³-hybridized carbons (Fsp3) is 0.600. The Morgan fingerprint density at radius 3 is 2.70 bits per heavy atom. The van der Waals surface area contributed by atoms with E-state index in [0.29, 0.717) is 6.61 Å². The number of hydrogen-bond donors (Lipinski definition) is 1. The number of ether oxygens (including phenoxy) is 1. The topological polar surface area (TPSA) is 39.9 Å². The fourth-order valence-corrected chi connectivity index (χ4v) is 0.758. The van der Waals surface area contributed by atoms with E-state index in [1.165, 1.54) is 0 Å². The number of rotatable bonds is 2. The summed E-state index contributed by atoms with van der Waals surface area (Å²) in [5, 5.41) is 7.61. The van der Waals surface area contributed by atoms with Crippen LogP contribution in [-0.4, -0.2) is 21.3 Å². The first-order valence-corrected chi connectivity index (χ1v) is 3.24. The monoisotopic (exact) mass is 159 g/mol.